The minimum absolute atomic E-state index is 0.129. The summed E-state index contributed by atoms with van der Waals surface area (Å²) in [4.78, 5) is 13.3. The van der Waals surface area contributed by atoms with Gasteiger partial charge in [0.25, 0.3) is 0 Å². The first-order valence-corrected chi connectivity index (χ1v) is 20.9. The quantitative estimate of drug-likeness (QED) is 0.179. The molecule has 3 aromatic heterocycles. The third-order valence-electron chi connectivity index (χ3n) is 9.63. The molecule has 0 aliphatic carbocycles. The van der Waals surface area contributed by atoms with Crippen LogP contribution in [0.4, 0.5) is 0 Å². The summed E-state index contributed by atoms with van der Waals surface area (Å²) in [6, 6.07) is 19.3. The van der Waals surface area contributed by atoms with Crippen molar-refractivity contribution in [2.75, 3.05) is 0 Å². The zero-order valence-corrected chi connectivity index (χ0v) is 40.8. The van der Waals surface area contributed by atoms with Crippen LogP contribution in [0.25, 0.3) is 0 Å². The van der Waals surface area contributed by atoms with Gasteiger partial charge in [0, 0.05) is 47.0 Å². The Morgan fingerprint density at radius 1 is 0.268 bits per heavy atom. The summed E-state index contributed by atoms with van der Waals surface area (Å²) in [6.45, 7) is 53.8. The van der Waals surface area contributed by atoms with E-state index < -0.39 is 0 Å². The highest BCUT2D eigenvalue weighted by Gasteiger charge is 2.28. The maximum atomic E-state index is 4.52. The number of hydrogen-bond acceptors (Lipinski definition) is 3. The molecule has 0 fully saturated rings. The summed E-state index contributed by atoms with van der Waals surface area (Å²) < 4.78 is 0. The lowest BCUT2D eigenvalue weighted by Crippen LogP contribution is -2.23. The van der Waals surface area contributed by atoms with Crippen LogP contribution < -0.4 is 0 Å². The van der Waals surface area contributed by atoms with E-state index in [1.165, 1.54) is 44.8 Å². The Kier molecular flexibility index (Phi) is 16.7. The summed E-state index contributed by atoms with van der Waals surface area (Å²) in [5.74, 6) is 0. The van der Waals surface area contributed by atoms with Gasteiger partial charge < -0.3 is 0 Å². The van der Waals surface area contributed by atoms with Crippen molar-refractivity contribution >= 4 is 0 Å². The molecule has 0 aliphatic rings. The van der Waals surface area contributed by atoms with E-state index in [-0.39, 0.29) is 43.3 Å². The molecule has 0 saturated heterocycles. The molecule has 3 heteroatoms. The third-order valence-corrected chi connectivity index (χ3v) is 9.63. The third kappa shape index (κ3) is 15.9. The van der Waals surface area contributed by atoms with E-state index in [4.69, 9.17) is 0 Å². The van der Waals surface area contributed by atoms with E-state index in [0.717, 1.165) is 0 Å². The van der Waals surface area contributed by atoms with Gasteiger partial charge in [-0.25, -0.2) is 0 Å². The van der Waals surface area contributed by atoms with Crippen LogP contribution >= 0.6 is 0 Å². The van der Waals surface area contributed by atoms with Gasteiger partial charge in [-0.3, -0.25) is 15.0 Å². The lowest BCUT2D eigenvalue weighted by molar-refractivity contribution is 0.514. The van der Waals surface area contributed by atoms with E-state index in [2.05, 4.69) is 224 Å². The first-order valence-electron chi connectivity index (χ1n) is 20.9. The van der Waals surface area contributed by atoms with Gasteiger partial charge in [-0.1, -0.05) is 203 Å². The number of nitrogens with zero attached hydrogens (tertiary/aromatic N) is 3. The molecule has 0 amide bonds. The van der Waals surface area contributed by atoms with Crippen LogP contribution in [0.5, 0.6) is 0 Å². The molecule has 0 saturated carbocycles. The number of pyridine rings is 3. The largest absolute Gasteiger partial charge is 0.264 e. The highest BCUT2D eigenvalue weighted by Crippen LogP contribution is 2.35. The Labute approximate surface area is 347 Å². The molecule has 0 radical (unpaired) electrons. The summed E-state index contributed by atoms with van der Waals surface area (Å²) >= 11 is 0. The monoisotopic (exact) mass is 764 g/mol. The Bertz CT molecular complexity index is 1390. The molecule has 0 N–H and O–H groups in total. The van der Waals surface area contributed by atoms with Gasteiger partial charge >= 0.3 is 0 Å². The van der Waals surface area contributed by atoms with Gasteiger partial charge in [0.05, 0.1) is 0 Å². The molecular weight excluding hydrogens is 679 g/mol. The number of rotatable bonds is 0. The molecular formula is C53H85N3. The van der Waals surface area contributed by atoms with Crippen LogP contribution in [0.2, 0.25) is 0 Å². The number of benzene rings is 1. The zero-order valence-electron chi connectivity index (χ0n) is 40.8. The van der Waals surface area contributed by atoms with Crippen molar-refractivity contribution in [3.8, 4) is 0 Å². The van der Waals surface area contributed by atoms with Crippen molar-refractivity contribution < 1.29 is 0 Å². The van der Waals surface area contributed by atoms with Crippen molar-refractivity contribution in [2.24, 2.45) is 0 Å². The van der Waals surface area contributed by atoms with Crippen LogP contribution in [0.1, 0.15) is 211 Å². The van der Waals surface area contributed by atoms with Crippen LogP contribution in [-0.2, 0) is 43.3 Å². The second-order valence-electron chi connectivity index (χ2n) is 23.8. The summed E-state index contributed by atoms with van der Waals surface area (Å²) in [7, 11) is 0. The Balaban J connectivity index is 0.000000373. The van der Waals surface area contributed by atoms with Gasteiger partial charge in [0.2, 0.25) is 0 Å². The Morgan fingerprint density at radius 3 is 0.768 bits per heavy atom. The van der Waals surface area contributed by atoms with Gasteiger partial charge in [-0.05, 0) is 84.1 Å². The molecule has 3 heterocycles. The molecule has 56 heavy (non-hydrogen) atoms. The molecule has 0 spiro atoms. The number of aromatic nitrogens is 3. The Hall–Kier alpha value is -3.33. The topological polar surface area (TPSA) is 38.7 Å². The van der Waals surface area contributed by atoms with Gasteiger partial charge in [0.15, 0.2) is 0 Å². The maximum absolute atomic E-state index is 4.52. The molecule has 312 valence electrons. The van der Waals surface area contributed by atoms with Crippen molar-refractivity contribution in [3.05, 3.63) is 124 Å². The highest BCUT2D eigenvalue weighted by atomic mass is 14.7. The van der Waals surface area contributed by atoms with E-state index in [1.54, 1.807) is 0 Å². The number of hydrogen-bond donors (Lipinski definition) is 0. The van der Waals surface area contributed by atoms with Crippen LogP contribution in [0.15, 0.2) is 79.4 Å². The van der Waals surface area contributed by atoms with Crippen LogP contribution in [0.3, 0.4) is 0 Å². The first kappa shape index (κ1) is 50.7. The van der Waals surface area contributed by atoms with Crippen LogP contribution in [0, 0.1) is 0 Å². The standard InChI is InChI=1S/C14H22.3C13H21N/c1-13(2,3)11-9-7-8-10-12(11)14(4,5)6;1-12(2,3)10-7-8-14-9-11(10)13(4,5)6;2*1-12(2,3)10-8-7-9-14-11(10)13(4,5)6/h7-10H,1-6H3;3*7-9H,1-6H3. The minimum atomic E-state index is 0.129. The molecule has 0 bridgehead atoms. The predicted octanol–water partition coefficient (Wildman–Crippen LogP) is 15.3. The summed E-state index contributed by atoms with van der Waals surface area (Å²) in [5, 5.41) is 0. The van der Waals surface area contributed by atoms with Crippen molar-refractivity contribution in [3.63, 3.8) is 0 Å². The second kappa shape index (κ2) is 18.5. The minimum Gasteiger partial charge on any atom is -0.264 e. The summed E-state index contributed by atoms with van der Waals surface area (Å²) in [6.07, 6.45) is 7.65. The maximum Gasteiger partial charge on any atom is 0.0494 e. The fraction of sp³-hybridized carbons (Fsp3) is 0.604. The average Bonchev–Trinajstić information content (AvgIpc) is 3.03. The Morgan fingerprint density at radius 2 is 0.536 bits per heavy atom. The van der Waals surface area contributed by atoms with Crippen LogP contribution in [-0.4, -0.2) is 15.0 Å². The molecule has 0 aliphatic heterocycles. The smallest absolute Gasteiger partial charge is 0.0494 e. The normalized spacial score (nSPS) is 13.0. The van der Waals surface area contributed by atoms with Gasteiger partial charge in [-0.2, -0.15) is 0 Å². The fourth-order valence-electron chi connectivity index (χ4n) is 6.65. The summed E-state index contributed by atoms with van der Waals surface area (Å²) in [5.41, 5.74) is 12.3. The fourth-order valence-corrected chi connectivity index (χ4v) is 6.65. The molecule has 1 aromatic carbocycles. The van der Waals surface area contributed by atoms with Crippen molar-refractivity contribution in [2.45, 2.75) is 209 Å². The van der Waals surface area contributed by atoms with E-state index >= 15 is 0 Å². The van der Waals surface area contributed by atoms with Gasteiger partial charge in [-0.15, -0.1) is 0 Å². The van der Waals surface area contributed by atoms with E-state index in [0.29, 0.717) is 0 Å². The van der Waals surface area contributed by atoms with E-state index in [1.807, 2.05) is 36.9 Å². The lowest BCUT2D eigenvalue weighted by Gasteiger charge is -2.29. The molecule has 4 rings (SSSR count). The second-order valence-corrected chi connectivity index (χ2v) is 23.8. The SMILES string of the molecule is CC(C)(C)c1ccccc1C(C)(C)C.CC(C)(C)c1cccnc1C(C)(C)C.CC(C)(C)c1cccnc1C(C)(C)C.CC(C)(C)c1ccncc1C(C)(C)C. The van der Waals surface area contributed by atoms with E-state index in [9.17, 15) is 0 Å². The molecule has 0 unspecified atom stereocenters. The first-order chi connectivity index (χ1) is 24.9. The zero-order chi connectivity index (χ0) is 43.9. The van der Waals surface area contributed by atoms with Gasteiger partial charge in [0.1, 0.15) is 0 Å². The van der Waals surface area contributed by atoms with Crippen molar-refractivity contribution in [1.29, 1.82) is 0 Å². The van der Waals surface area contributed by atoms with Crippen molar-refractivity contribution in [1.82, 2.24) is 15.0 Å². The molecule has 4 aromatic rings. The lowest BCUT2D eigenvalue weighted by atomic mass is 9.75. The molecule has 0 atom stereocenters. The highest BCUT2D eigenvalue weighted by molar-refractivity contribution is 5.38. The predicted molar refractivity (Wildman–Crippen MR) is 249 cm³/mol. The average molecular weight is 764 g/mol. The molecule has 3 nitrogen and oxygen atoms in total.